The number of rotatable bonds is 2. The third-order valence-electron chi connectivity index (χ3n) is 3.76. The van der Waals surface area contributed by atoms with Crippen LogP contribution in [0.25, 0.3) is 0 Å². The van der Waals surface area contributed by atoms with Crippen LogP contribution in [0.4, 0.5) is 5.69 Å². The normalized spacial score (nSPS) is 22.1. The SMILES string of the molecule is CC1CCCCC1NC(=O)C(=O)Nc1ccccc1Br. The average Bonchev–Trinajstić information content (AvgIpc) is 2.43. The van der Waals surface area contributed by atoms with E-state index in [1.807, 2.05) is 18.2 Å². The van der Waals surface area contributed by atoms with Gasteiger partial charge in [0.1, 0.15) is 0 Å². The monoisotopic (exact) mass is 338 g/mol. The Morgan fingerprint density at radius 2 is 1.85 bits per heavy atom. The molecule has 4 nitrogen and oxygen atoms in total. The molecule has 1 aliphatic rings. The van der Waals surface area contributed by atoms with E-state index in [-0.39, 0.29) is 6.04 Å². The second-order valence-corrected chi connectivity index (χ2v) is 6.13. The number of carbonyl (C=O) groups excluding carboxylic acids is 2. The van der Waals surface area contributed by atoms with Crippen LogP contribution in [-0.4, -0.2) is 17.9 Å². The number of anilines is 1. The van der Waals surface area contributed by atoms with Crippen LogP contribution in [0.3, 0.4) is 0 Å². The summed E-state index contributed by atoms with van der Waals surface area (Å²) < 4.78 is 0.757. The third kappa shape index (κ3) is 3.82. The van der Waals surface area contributed by atoms with Gasteiger partial charge in [-0.3, -0.25) is 9.59 Å². The summed E-state index contributed by atoms with van der Waals surface area (Å²) in [7, 11) is 0. The Morgan fingerprint density at radius 3 is 2.55 bits per heavy atom. The summed E-state index contributed by atoms with van der Waals surface area (Å²) in [4.78, 5) is 23.8. The first-order chi connectivity index (χ1) is 9.58. The number of benzene rings is 1. The van der Waals surface area contributed by atoms with Crippen molar-refractivity contribution < 1.29 is 9.59 Å². The molecule has 0 bridgehead atoms. The van der Waals surface area contributed by atoms with Crippen LogP contribution in [-0.2, 0) is 9.59 Å². The van der Waals surface area contributed by atoms with E-state index in [1.54, 1.807) is 6.07 Å². The molecule has 20 heavy (non-hydrogen) atoms. The van der Waals surface area contributed by atoms with E-state index in [1.165, 1.54) is 6.42 Å². The quantitative estimate of drug-likeness (QED) is 0.814. The molecule has 0 saturated heterocycles. The van der Waals surface area contributed by atoms with Crippen LogP contribution in [0.2, 0.25) is 0 Å². The Kier molecular flexibility index (Phi) is 5.17. The van der Waals surface area contributed by atoms with Gasteiger partial charge in [-0.25, -0.2) is 0 Å². The van der Waals surface area contributed by atoms with Crippen LogP contribution >= 0.6 is 15.9 Å². The molecule has 2 atom stereocenters. The number of para-hydroxylation sites is 1. The zero-order valence-electron chi connectivity index (χ0n) is 11.5. The standard InChI is InChI=1S/C15H19BrN2O2/c1-10-6-2-4-8-12(10)17-14(19)15(20)18-13-9-5-3-7-11(13)16/h3,5,7,9-10,12H,2,4,6,8H2,1H3,(H,17,19)(H,18,20). The largest absolute Gasteiger partial charge is 0.345 e. The minimum Gasteiger partial charge on any atom is -0.345 e. The molecular formula is C15H19BrN2O2. The van der Waals surface area contributed by atoms with Gasteiger partial charge in [-0.1, -0.05) is 31.9 Å². The molecule has 5 heteroatoms. The van der Waals surface area contributed by atoms with Crippen LogP contribution in [0, 0.1) is 5.92 Å². The zero-order valence-corrected chi connectivity index (χ0v) is 13.1. The summed E-state index contributed by atoms with van der Waals surface area (Å²) in [6, 6.07) is 7.33. The molecule has 108 valence electrons. The van der Waals surface area contributed by atoms with Gasteiger partial charge in [0.2, 0.25) is 0 Å². The highest BCUT2D eigenvalue weighted by atomic mass is 79.9. The van der Waals surface area contributed by atoms with Gasteiger partial charge in [-0.05, 0) is 46.8 Å². The molecule has 2 N–H and O–H groups in total. The van der Waals surface area contributed by atoms with Gasteiger partial charge in [0.05, 0.1) is 5.69 Å². The topological polar surface area (TPSA) is 58.2 Å². The van der Waals surface area contributed by atoms with Gasteiger partial charge in [0.25, 0.3) is 0 Å². The maximum Gasteiger partial charge on any atom is 0.313 e. The van der Waals surface area contributed by atoms with Crippen LogP contribution < -0.4 is 10.6 Å². The van der Waals surface area contributed by atoms with Crippen molar-refractivity contribution in [3.8, 4) is 0 Å². The van der Waals surface area contributed by atoms with E-state index in [0.29, 0.717) is 11.6 Å². The molecule has 1 fully saturated rings. The lowest BCUT2D eigenvalue weighted by Gasteiger charge is -2.29. The Hall–Kier alpha value is -1.36. The van der Waals surface area contributed by atoms with Crippen molar-refractivity contribution in [2.45, 2.75) is 38.6 Å². The summed E-state index contributed by atoms with van der Waals surface area (Å²) in [5, 5.41) is 5.46. The second-order valence-electron chi connectivity index (χ2n) is 5.28. The van der Waals surface area contributed by atoms with E-state index in [9.17, 15) is 9.59 Å². The van der Waals surface area contributed by atoms with Gasteiger partial charge in [-0.2, -0.15) is 0 Å². The van der Waals surface area contributed by atoms with Crippen LogP contribution in [0.5, 0.6) is 0 Å². The molecule has 2 rings (SSSR count). The Bertz CT molecular complexity index is 504. The Labute approximate surface area is 127 Å². The van der Waals surface area contributed by atoms with Crippen LogP contribution in [0.15, 0.2) is 28.7 Å². The lowest BCUT2D eigenvalue weighted by Crippen LogP contribution is -2.45. The Balaban J connectivity index is 1.92. The van der Waals surface area contributed by atoms with E-state index < -0.39 is 11.8 Å². The first-order valence-corrected chi connectivity index (χ1v) is 7.73. The molecular weight excluding hydrogens is 320 g/mol. The highest BCUT2D eigenvalue weighted by Gasteiger charge is 2.25. The van der Waals surface area contributed by atoms with Gasteiger partial charge >= 0.3 is 11.8 Å². The minimum absolute atomic E-state index is 0.112. The summed E-state index contributed by atoms with van der Waals surface area (Å²) in [6.45, 7) is 2.12. The second kappa shape index (κ2) is 6.88. The lowest BCUT2D eigenvalue weighted by atomic mass is 9.86. The maximum atomic E-state index is 11.9. The van der Waals surface area contributed by atoms with E-state index in [4.69, 9.17) is 0 Å². The highest BCUT2D eigenvalue weighted by molar-refractivity contribution is 9.10. The summed E-state index contributed by atoms with van der Waals surface area (Å²) >= 11 is 3.34. The van der Waals surface area contributed by atoms with Gasteiger partial charge < -0.3 is 10.6 Å². The molecule has 2 amide bonds. The first kappa shape index (κ1) is 15.0. The molecule has 0 heterocycles. The van der Waals surface area contributed by atoms with Crippen molar-refractivity contribution in [3.05, 3.63) is 28.7 Å². The molecule has 1 aliphatic carbocycles. The number of hydrogen-bond donors (Lipinski definition) is 2. The predicted molar refractivity (Wildman–Crippen MR) is 82.3 cm³/mol. The third-order valence-corrected chi connectivity index (χ3v) is 4.45. The summed E-state index contributed by atoms with van der Waals surface area (Å²) in [6.07, 6.45) is 4.38. The van der Waals surface area contributed by atoms with E-state index >= 15 is 0 Å². The van der Waals surface area contributed by atoms with Crippen molar-refractivity contribution in [1.29, 1.82) is 0 Å². The fourth-order valence-corrected chi connectivity index (χ4v) is 2.89. The molecule has 0 aromatic heterocycles. The molecule has 0 spiro atoms. The maximum absolute atomic E-state index is 11.9. The van der Waals surface area contributed by atoms with Gasteiger partial charge in [0.15, 0.2) is 0 Å². The summed E-state index contributed by atoms with van der Waals surface area (Å²) in [5.41, 5.74) is 0.601. The number of hydrogen-bond acceptors (Lipinski definition) is 2. The number of nitrogens with one attached hydrogen (secondary N) is 2. The van der Waals surface area contributed by atoms with Crippen molar-refractivity contribution in [1.82, 2.24) is 5.32 Å². The highest BCUT2D eigenvalue weighted by Crippen LogP contribution is 2.24. The number of carbonyl (C=O) groups is 2. The van der Waals surface area contributed by atoms with Crippen molar-refractivity contribution in [3.63, 3.8) is 0 Å². The molecule has 0 radical (unpaired) electrons. The van der Waals surface area contributed by atoms with E-state index in [0.717, 1.165) is 23.7 Å². The molecule has 1 aromatic carbocycles. The van der Waals surface area contributed by atoms with Crippen molar-refractivity contribution in [2.75, 3.05) is 5.32 Å². The Morgan fingerprint density at radius 1 is 1.15 bits per heavy atom. The fourth-order valence-electron chi connectivity index (χ4n) is 2.51. The van der Waals surface area contributed by atoms with E-state index in [2.05, 4.69) is 33.5 Å². The van der Waals surface area contributed by atoms with Crippen LogP contribution in [0.1, 0.15) is 32.6 Å². The summed E-state index contributed by atoms with van der Waals surface area (Å²) in [5.74, 6) is -0.738. The minimum atomic E-state index is -0.616. The molecule has 1 saturated carbocycles. The smallest absolute Gasteiger partial charge is 0.313 e. The van der Waals surface area contributed by atoms with Gasteiger partial charge in [0, 0.05) is 10.5 Å². The molecule has 0 aliphatic heterocycles. The van der Waals surface area contributed by atoms with Crippen molar-refractivity contribution >= 4 is 33.4 Å². The number of amides is 2. The molecule has 1 aromatic rings. The number of halogens is 1. The zero-order chi connectivity index (χ0) is 14.5. The predicted octanol–water partition coefficient (Wildman–Crippen LogP) is 3.08. The van der Waals surface area contributed by atoms with Gasteiger partial charge in [-0.15, -0.1) is 0 Å². The lowest BCUT2D eigenvalue weighted by molar-refractivity contribution is -0.137. The average molecular weight is 339 g/mol. The van der Waals surface area contributed by atoms with Crippen molar-refractivity contribution in [2.24, 2.45) is 5.92 Å². The fraction of sp³-hybridized carbons (Fsp3) is 0.467. The molecule has 2 unspecified atom stereocenters. The first-order valence-electron chi connectivity index (χ1n) is 6.94.